The first-order valence-corrected chi connectivity index (χ1v) is 4.37. The molecule has 0 fully saturated rings. The Balaban J connectivity index is 4.37. The van der Waals surface area contributed by atoms with Crippen molar-refractivity contribution in [3.8, 4) is 0 Å². The van der Waals surface area contributed by atoms with E-state index in [-0.39, 0.29) is 11.5 Å². The Kier molecular flexibility index (Phi) is 4.25. The lowest BCUT2D eigenvalue weighted by molar-refractivity contribution is 0.229. The summed E-state index contributed by atoms with van der Waals surface area (Å²) in [5.41, 5.74) is 1.14. The van der Waals surface area contributed by atoms with Crippen molar-refractivity contribution in [1.82, 2.24) is 0 Å². The predicted molar refractivity (Wildman–Crippen MR) is 54.0 cm³/mol. The van der Waals surface area contributed by atoms with E-state index in [0.29, 0.717) is 0 Å². The van der Waals surface area contributed by atoms with Crippen molar-refractivity contribution < 1.29 is 5.11 Å². The van der Waals surface area contributed by atoms with Crippen LogP contribution >= 0.6 is 0 Å². The highest BCUT2D eigenvalue weighted by atomic mass is 16.3. The zero-order chi connectivity index (χ0) is 9.78. The third-order valence-corrected chi connectivity index (χ3v) is 1.95. The molecule has 0 bridgehead atoms. The van der Waals surface area contributed by atoms with E-state index in [1.54, 1.807) is 6.92 Å². The molecule has 0 aliphatic carbocycles. The molecule has 12 heavy (non-hydrogen) atoms. The molecule has 0 aromatic rings. The Bertz CT molecular complexity index is 175. The summed E-state index contributed by atoms with van der Waals surface area (Å²) in [5.74, 6) is 0. The van der Waals surface area contributed by atoms with Crippen molar-refractivity contribution in [2.45, 2.75) is 40.2 Å². The van der Waals surface area contributed by atoms with Gasteiger partial charge in [-0.25, -0.2) is 0 Å². The van der Waals surface area contributed by atoms with Crippen molar-refractivity contribution in [3.63, 3.8) is 0 Å². The monoisotopic (exact) mass is 168 g/mol. The molecule has 1 N–H and O–H groups in total. The Morgan fingerprint density at radius 1 is 1.58 bits per heavy atom. The molecule has 1 unspecified atom stereocenters. The van der Waals surface area contributed by atoms with Crippen LogP contribution in [0.2, 0.25) is 0 Å². The molecule has 0 aromatic carbocycles. The van der Waals surface area contributed by atoms with Crippen LogP contribution in [-0.4, -0.2) is 11.2 Å². The lowest BCUT2D eigenvalue weighted by Crippen LogP contribution is -2.10. The van der Waals surface area contributed by atoms with Crippen LogP contribution in [0.3, 0.4) is 0 Å². The zero-order valence-electron chi connectivity index (χ0n) is 8.59. The summed E-state index contributed by atoms with van der Waals surface area (Å²) in [6.45, 7) is 11.7. The van der Waals surface area contributed by atoms with Gasteiger partial charge in [0.15, 0.2) is 0 Å². The molecule has 1 nitrogen and oxygen atoms in total. The van der Waals surface area contributed by atoms with Gasteiger partial charge in [-0.1, -0.05) is 26.0 Å². The highest BCUT2D eigenvalue weighted by Crippen LogP contribution is 2.24. The standard InChI is InChI=1S/C11H20O/c1-6-7-11(4,5)8-9(2)10(3)12/h6,8,10,12H,1,7H2,2-5H3. The molecule has 0 saturated heterocycles. The smallest absolute Gasteiger partial charge is 0.0719 e. The fraction of sp³-hybridized carbons (Fsp3) is 0.636. The Morgan fingerprint density at radius 2 is 2.08 bits per heavy atom. The predicted octanol–water partition coefficient (Wildman–Crippen LogP) is 2.92. The molecule has 0 saturated carbocycles. The van der Waals surface area contributed by atoms with Crippen LogP contribution < -0.4 is 0 Å². The van der Waals surface area contributed by atoms with Crippen LogP contribution in [0, 0.1) is 5.41 Å². The maximum Gasteiger partial charge on any atom is 0.0719 e. The number of hydrogen-bond donors (Lipinski definition) is 1. The minimum atomic E-state index is -0.339. The van der Waals surface area contributed by atoms with E-state index in [0.717, 1.165) is 12.0 Å². The highest BCUT2D eigenvalue weighted by molar-refractivity contribution is 5.09. The summed E-state index contributed by atoms with van der Waals surface area (Å²) in [5, 5.41) is 9.26. The summed E-state index contributed by atoms with van der Waals surface area (Å²) < 4.78 is 0. The molecule has 0 aliphatic heterocycles. The van der Waals surface area contributed by atoms with Gasteiger partial charge in [0.25, 0.3) is 0 Å². The van der Waals surface area contributed by atoms with Gasteiger partial charge in [-0.05, 0) is 31.3 Å². The molecule has 0 aliphatic rings. The van der Waals surface area contributed by atoms with Crippen LogP contribution in [-0.2, 0) is 0 Å². The maximum atomic E-state index is 9.26. The molecule has 1 atom stereocenters. The number of aliphatic hydroxyl groups is 1. The van der Waals surface area contributed by atoms with Crippen LogP contribution in [0.4, 0.5) is 0 Å². The molecule has 70 valence electrons. The minimum absolute atomic E-state index is 0.114. The molecule has 0 spiro atoms. The summed E-state index contributed by atoms with van der Waals surface area (Å²) >= 11 is 0. The summed E-state index contributed by atoms with van der Waals surface area (Å²) in [4.78, 5) is 0. The van der Waals surface area contributed by atoms with E-state index in [1.807, 2.05) is 13.0 Å². The van der Waals surface area contributed by atoms with Crippen molar-refractivity contribution in [2.75, 3.05) is 0 Å². The Morgan fingerprint density at radius 3 is 2.42 bits per heavy atom. The molecule has 0 radical (unpaired) electrons. The van der Waals surface area contributed by atoms with E-state index in [4.69, 9.17) is 0 Å². The minimum Gasteiger partial charge on any atom is -0.389 e. The fourth-order valence-electron chi connectivity index (χ4n) is 1.17. The SMILES string of the molecule is C=CCC(C)(C)C=C(C)C(C)O. The van der Waals surface area contributed by atoms with E-state index < -0.39 is 0 Å². The molecule has 1 heteroatoms. The average molecular weight is 168 g/mol. The number of allylic oxidation sites excluding steroid dienone is 2. The number of rotatable bonds is 4. The first kappa shape index (κ1) is 11.4. The normalized spacial score (nSPS) is 15.9. The second-order valence-corrected chi connectivity index (χ2v) is 4.05. The third-order valence-electron chi connectivity index (χ3n) is 1.95. The van der Waals surface area contributed by atoms with Gasteiger partial charge < -0.3 is 5.11 Å². The van der Waals surface area contributed by atoms with E-state index in [2.05, 4.69) is 26.5 Å². The summed E-state index contributed by atoms with van der Waals surface area (Å²) in [6.07, 6.45) is 4.62. The van der Waals surface area contributed by atoms with E-state index in [1.165, 1.54) is 0 Å². The van der Waals surface area contributed by atoms with Crippen molar-refractivity contribution >= 4 is 0 Å². The Labute approximate surface area is 75.8 Å². The van der Waals surface area contributed by atoms with E-state index in [9.17, 15) is 5.11 Å². The van der Waals surface area contributed by atoms with Crippen LogP contribution in [0.15, 0.2) is 24.3 Å². The third kappa shape index (κ3) is 4.35. The number of aliphatic hydroxyl groups excluding tert-OH is 1. The average Bonchev–Trinajstić information content (AvgIpc) is 1.85. The van der Waals surface area contributed by atoms with Crippen molar-refractivity contribution in [1.29, 1.82) is 0 Å². The Hall–Kier alpha value is -0.560. The zero-order valence-corrected chi connectivity index (χ0v) is 8.59. The molecule has 0 rings (SSSR count). The maximum absolute atomic E-state index is 9.26. The van der Waals surface area contributed by atoms with Crippen LogP contribution in [0.25, 0.3) is 0 Å². The molecule has 0 heterocycles. The topological polar surface area (TPSA) is 20.2 Å². The summed E-state index contributed by atoms with van der Waals surface area (Å²) in [7, 11) is 0. The van der Waals surface area contributed by atoms with Gasteiger partial charge in [-0.2, -0.15) is 0 Å². The largest absolute Gasteiger partial charge is 0.389 e. The lowest BCUT2D eigenvalue weighted by Gasteiger charge is -2.20. The van der Waals surface area contributed by atoms with Gasteiger partial charge in [0.1, 0.15) is 0 Å². The fourth-order valence-corrected chi connectivity index (χ4v) is 1.17. The van der Waals surface area contributed by atoms with Crippen molar-refractivity contribution in [3.05, 3.63) is 24.3 Å². The van der Waals surface area contributed by atoms with Gasteiger partial charge in [-0.3, -0.25) is 0 Å². The highest BCUT2D eigenvalue weighted by Gasteiger charge is 2.13. The van der Waals surface area contributed by atoms with Gasteiger partial charge >= 0.3 is 0 Å². The van der Waals surface area contributed by atoms with Gasteiger partial charge in [0.2, 0.25) is 0 Å². The van der Waals surface area contributed by atoms with Crippen LogP contribution in [0.5, 0.6) is 0 Å². The van der Waals surface area contributed by atoms with Gasteiger partial charge in [-0.15, -0.1) is 6.58 Å². The second-order valence-electron chi connectivity index (χ2n) is 4.05. The first-order chi connectivity index (χ1) is 5.39. The quantitative estimate of drug-likeness (QED) is 0.640. The first-order valence-electron chi connectivity index (χ1n) is 4.37. The molecular weight excluding hydrogens is 148 g/mol. The van der Waals surface area contributed by atoms with Gasteiger partial charge in [0, 0.05) is 0 Å². The van der Waals surface area contributed by atoms with Crippen LogP contribution in [0.1, 0.15) is 34.1 Å². The summed E-state index contributed by atoms with van der Waals surface area (Å²) in [6, 6.07) is 0. The lowest BCUT2D eigenvalue weighted by atomic mass is 9.86. The molecule has 0 aromatic heterocycles. The van der Waals surface area contributed by atoms with E-state index >= 15 is 0 Å². The second kappa shape index (κ2) is 4.46. The molecule has 0 amide bonds. The van der Waals surface area contributed by atoms with Gasteiger partial charge in [0.05, 0.1) is 6.10 Å². The number of hydrogen-bond acceptors (Lipinski definition) is 1. The molecular formula is C11H20O. The van der Waals surface area contributed by atoms with Crippen molar-refractivity contribution in [2.24, 2.45) is 5.41 Å².